The van der Waals surface area contributed by atoms with Gasteiger partial charge in [0.25, 0.3) is 5.56 Å². The molecule has 3 aromatic heterocycles. The van der Waals surface area contributed by atoms with Gasteiger partial charge in [-0.15, -0.1) is 11.3 Å². The smallest absolute Gasteiger partial charge is 0.257 e. The Balaban J connectivity index is 1.46. The second-order valence-electron chi connectivity index (χ2n) is 6.99. The monoisotopic (exact) mass is 405 g/mol. The topological polar surface area (TPSA) is 92.3 Å². The van der Waals surface area contributed by atoms with Crippen molar-refractivity contribution >= 4 is 44.5 Å². The fraction of sp³-hybridized carbons (Fsp3) is 0.238. The molecule has 0 unspecified atom stereocenters. The minimum Gasteiger partial charge on any atom is -0.497 e. The molecule has 4 aromatic rings. The number of methoxy groups -OCH3 is 1. The van der Waals surface area contributed by atoms with Crippen LogP contribution in [-0.2, 0) is 12.8 Å². The number of nitrogens with zero attached hydrogens (tertiary/aromatic N) is 3. The number of fused-ring (bicyclic) bond motifs is 4. The average Bonchev–Trinajstić information content (AvgIpc) is 3.13. The highest BCUT2D eigenvalue weighted by molar-refractivity contribution is 7.19. The Hall–Kier alpha value is -3.26. The number of hydrogen-bond acceptors (Lipinski definition) is 7. The minimum atomic E-state index is -0.211. The van der Waals surface area contributed by atoms with Gasteiger partial charge in [-0.1, -0.05) is 0 Å². The molecule has 146 valence electrons. The summed E-state index contributed by atoms with van der Waals surface area (Å²) in [5, 5.41) is 6.25. The van der Waals surface area contributed by atoms with Gasteiger partial charge in [0.05, 0.1) is 29.8 Å². The molecule has 1 aromatic carbocycles. The van der Waals surface area contributed by atoms with Gasteiger partial charge < -0.3 is 9.72 Å². The zero-order chi connectivity index (χ0) is 19.8. The van der Waals surface area contributed by atoms with Gasteiger partial charge in [0.2, 0.25) is 0 Å². The molecule has 0 radical (unpaired) electrons. The molecule has 0 saturated heterocycles. The lowest BCUT2D eigenvalue weighted by Gasteiger charge is -2.11. The Kier molecular flexibility index (Phi) is 4.48. The van der Waals surface area contributed by atoms with Crippen LogP contribution in [0.15, 0.2) is 40.5 Å². The summed E-state index contributed by atoms with van der Waals surface area (Å²) < 4.78 is 5.20. The van der Waals surface area contributed by atoms with Gasteiger partial charge in [-0.25, -0.2) is 9.97 Å². The number of thiophene rings is 1. The fourth-order valence-electron chi connectivity index (χ4n) is 3.76. The summed E-state index contributed by atoms with van der Waals surface area (Å²) in [5.41, 5.74) is 5.34. The number of rotatable bonds is 4. The Bertz CT molecular complexity index is 1310. The number of H-pyrrole nitrogens is 1. The molecule has 1 aliphatic carbocycles. The van der Waals surface area contributed by atoms with Crippen LogP contribution in [0.5, 0.6) is 5.75 Å². The largest absolute Gasteiger partial charge is 0.497 e. The fourth-order valence-corrected chi connectivity index (χ4v) is 4.99. The van der Waals surface area contributed by atoms with Crippen molar-refractivity contribution in [3.05, 3.63) is 57.0 Å². The molecule has 1 aliphatic rings. The first-order valence-corrected chi connectivity index (χ1v) is 10.3. The maximum Gasteiger partial charge on any atom is 0.257 e. The summed E-state index contributed by atoms with van der Waals surface area (Å²) in [7, 11) is 1.60. The molecule has 3 heterocycles. The second kappa shape index (κ2) is 7.29. The summed E-state index contributed by atoms with van der Waals surface area (Å²) in [5.74, 6) is 1.38. The predicted molar refractivity (Wildman–Crippen MR) is 116 cm³/mol. The van der Waals surface area contributed by atoms with Crippen LogP contribution in [0.3, 0.4) is 0 Å². The summed E-state index contributed by atoms with van der Waals surface area (Å²) >= 11 is 1.74. The van der Waals surface area contributed by atoms with Crippen LogP contribution in [0.4, 0.5) is 5.82 Å². The minimum absolute atomic E-state index is 0.211. The molecule has 5 rings (SSSR count). The Labute approximate surface area is 170 Å². The lowest BCUT2D eigenvalue weighted by molar-refractivity contribution is 0.415. The molecule has 0 fully saturated rings. The maximum atomic E-state index is 12.4. The van der Waals surface area contributed by atoms with Crippen LogP contribution in [0.2, 0.25) is 0 Å². The molecular formula is C21H19N5O2S. The van der Waals surface area contributed by atoms with E-state index in [0.717, 1.165) is 34.0 Å². The number of pyridine rings is 1. The second-order valence-corrected chi connectivity index (χ2v) is 8.07. The van der Waals surface area contributed by atoms with E-state index >= 15 is 0 Å². The van der Waals surface area contributed by atoms with Gasteiger partial charge in [0, 0.05) is 10.9 Å². The van der Waals surface area contributed by atoms with Crippen LogP contribution in [0, 0.1) is 0 Å². The average molecular weight is 405 g/mol. The third-order valence-corrected chi connectivity index (χ3v) is 6.41. The van der Waals surface area contributed by atoms with Gasteiger partial charge in [-0.2, -0.15) is 5.10 Å². The Morgan fingerprint density at radius 1 is 1.24 bits per heavy atom. The maximum absolute atomic E-state index is 12.4. The van der Waals surface area contributed by atoms with E-state index in [1.165, 1.54) is 29.5 Å². The molecule has 0 aliphatic heterocycles. The number of ether oxygens (including phenoxy) is 1. The van der Waals surface area contributed by atoms with E-state index in [1.54, 1.807) is 36.9 Å². The van der Waals surface area contributed by atoms with Crippen LogP contribution in [-0.4, -0.2) is 28.3 Å². The van der Waals surface area contributed by atoms with Gasteiger partial charge in [-0.05, 0) is 54.8 Å². The zero-order valence-corrected chi connectivity index (χ0v) is 16.7. The van der Waals surface area contributed by atoms with Gasteiger partial charge >= 0.3 is 0 Å². The van der Waals surface area contributed by atoms with E-state index in [4.69, 9.17) is 4.74 Å². The summed E-state index contributed by atoms with van der Waals surface area (Å²) in [4.78, 5) is 26.5. The van der Waals surface area contributed by atoms with E-state index in [0.29, 0.717) is 17.1 Å². The van der Waals surface area contributed by atoms with Crippen LogP contribution in [0.25, 0.3) is 21.1 Å². The number of hydrogen-bond donors (Lipinski definition) is 2. The van der Waals surface area contributed by atoms with Crippen molar-refractivity contribution in [2.75, 3.05) is 12.5 Å². The van der Waals surface area contributed by atoms with Gasteiger partial charge in [0.1, 0.15) is 16.9 Å². The van der Waals surface area contributed by atoms with Crippen LogP contribution >= 0.6 is 11.3 Å². The van der Waals surface area contributed by atoms with Gasteiger partial charge in [0.15, 0.2) is 5.82 Å². The molecule has 0 saturated carbocycles. The summed E-state index contributed by atoms with van der Waals surface area (Å²) in [6.45, 7) is 0. The standard InChI is InChI=1S/C21H19N5O2S/c1-28-14-7-6-12-8-13(20(27)25-16(12)9-14)10-24-26-19-18-15-4-2-3-5-17(15)29-21(18)23-11-22-19/h6-11H,2-5H2,1H3,(H,25,27)(H,22,23,26)/b24-10+. The molecular weight excluding hydrogens is 386 g/mol. The van der Waals surface area contributed by atoms with Crippen molar-refractivity contribution < 1.29 is 4.74 Å². The van der Waals surface area contributed by atoms with Crippen molar-refractivity contribution in [3.8, 4) is 5.75 Å². The molecule has 2 N–H and O–H groups in total. The summed E-state index contributed by atoms with van der Waals surface area (Å²) in [6, 6.07) is 7.37. The quantitative estimate of drug-likeness (QED) is 0.397. The van der Waals surface area contributed by atoms with E-state index < -0.39 is 0 Å². The third kappa shape index (κ3) is 3.25. The molecule has 0 atom stereocenters. The van der Waals surface area contributed by atoms with E-state index in [-0.39, 0.29) is 5.56 Å². The van der Waals surface area contributed by atoms with Crippen molar-refractivity contribution in [3.63, 3.8) is 0 Å². The number of aromatic nitrogens is 3. The first-order chi connectivity index (χ1) is 14.2. The first-order valence-electron chi connectivity index (χ1n) is 9.48. The highest BCUT2D eigenvalue weighted by Gasteiger charge is 2.19. The molecule has 7 nitrogen and oxygen atoms in total. The van der Waals surface area contributed by atoms with E-state index in [9.17, 15) is 4.79 Å². The van der Waals surface area contributed by atoms with Crippen LogP contribution in [0.1, 0.15) is 28.8 Å². The molecule has 0 bridgehead atoms. The lowest BCUT2D eigenvalue weighted by atomic mass is 9.97. The number of aromatic amines is 1. The first kappa shape index (κ1) is 17.8. The van der Waals surface area contributed by atoms with Crippen molar-refractivity contribution in [1.29, 1.82) is 0 Å². The molecule has 29 heavy (non-hydrogen) atoms. The van der Waals surface area contributed by atoms with Crippen molar-refractivity contribution in [2.45, 2.75) is 25.7 Å². The van der Waals surface area contributed by atoms with Crippen molar-refractivity contribution in [2.24, 2.45) is 5.10 Å². The Morgan fingerprint density at radius 3 is 3.03 bits per heavy atom. The molecule has 0 amide bonds. The number of hydrazone groups is 1. The number of benzene rings is 1. The SMILES string of the molecule is COc1ccc2cc(/C=N/Nc3ncnc4sc5c(c34)CCCC5)c(=O)[nH]c2c1. The summed E-state index contributed by atoms with van der Waals surface area (Å²) in [6.07, 6.45) is 7.65. The molecule has 0 spiro atoms. The Morgan fingerprint density at radius 2 is 2.14 bits per heavy atom. The lowest BCUT2D eigenvalue weighted by Crippen LogP contribution is -2.12. The normalized spacial score (nSPS) is 13.8. The predicted octanol–water partition coefficient (Wildman–Crippen LogP) is 3.87. The number of aryl methyl sites for hydroxylation is 2. The van der Waals surface area contributed by atoms with Crippen LogP contribution < -0.4 is 15.7 Å². The van der Waals surface area contributed by atoms with Crippen molar-refractivity contribution in [1.82, 2.24) is 15.0 Å². The van der Waals surface area contributed by atoms with E-state index in [2.05, 4.69) is 25.5 Å². The number of anilines is 1. The zero-order valence-electron chi connectivity index (χ0n) is 15.9. The highest BCUT2D eigenvalue weighted by atomic mass is 32.1. The van der Waals surface area contributed by atoms with Gasteiger partial charge in [-0.3, -0.25) is 10.2 Å². The molecule has 8 heteroatoms. The highest BCUT2D eigenvalue weighted by Crippen LogP contribution is 2.38. The van der Waals surface area contributed by atoms with E-state index in [1.807, 2.05) is 12.1 Å². The third-order valence-electron chi connectivity index (χ3n) is 5.21. The number of nitrogens with one attached hydrogen (secondary N) is 2.